The van der Waals surface area contributed by atoms with Gasteiger partial charge in [-0.2, -0.15) is 0 Å². The van der Waals surface area contributed by atoms with Gasteiger partial charge in [0.05, 0.1) is 0 Å². The number of hydrogen-bond acceptors (Lipinski definition) is 3. The molecule has 53 heavy (non-hydrogen) atoms. The van der Waals surface area contributed by atoms with Gasteiger partial charge in [-0.3, -0.25) is 0 Å². The third-order valence-electron chi connectivity index (χ3n) is 10.7. The highest BCUT2D eigenvalue weighted by molar-refractivity contribution is 8.05. The Morgan fingerprint density at radius 2 is 1.00 bits per heavy atom. The van der Waals surface area contributed by atoms with Crippen LogP contribution in [0.4, 0.5) is 17.1 Å². The third kappa shape index (κ3) is 5.95. The van der Waals surface area contributed by atoms with E-state index in [1.807, 2.05) is 29.6 Å². The Hall–Kier alpha value is -5.48. The van der Waals surface area contributed by atoms with Gasteiger partial charge in [0.2, 0.25) is 0 Å². The third-order valence-corrected chi connectivity index (χ3v) is 13.2. The quantitative estimate of drug-likeness (QED) is 0.151. The van der Waals surface area contributed by atoms with E-state index >= 15 is 0 Å². The average Bonchev–Trinajstić information content (AvgIpc) is 3.42. The fraction of sp³-hybridized carbons (Fsp3) is 0.0800. The lowest BCUT2D eigenvalue weighted by Gasteiger charge is -2.26. The fourth-order valence-electron chi connectivity index (χ4n) is 7.83. The molecule has 1 nitrogen and oxygen atoms in total. The molecule has 1 aliphatic carbocycles. The monoisotopic (exact) mass is 717 g/mol. The summed E-state index contributed by atoms with van der Waals surface area (Å²) < 4.78 is 0. The summed E-state index contributed by atoms with van der Waals surface area (Å²) in [6.07, 6.45) is 4.02. The Labute approximate surface area is 321 Å². The van der Waals surface area contributed by atoms with Crippen LogP contribution in [0.2, 0.25) is 0 Å². The van der Waals surface area contributed by atoms with Crippen molar-refractivity contribution in [3.05, 3.63) is 193 Å². The maximum atomic E-state index is 4.01. The van der Waals surface area contributed by atoms with E-state index in [0.717, 1.165) is 28.2 Å². The van der Waals surface area contributed by atoms with Crippen LogP contribution < -0.4 is 4.90 Å². The second kappa shape index (κ2) is 13.5. The second-order valence-corrected chi connectivity index (χ2v) is 16.3. The summed E-state index contributed by atoms with van der Waals surface area (Å²) >= 11 is 3.80. The number of nitrogens with zero attached hydrogens (tertiary/aromatic N) is 1. The van der Waals surface area contributed by atoms with Gasteiger partial charge in [-0.1, -0.05) is 147 Å². The molecule has 0 fully saturated rings. The lowest BCUT2D eigenvalue weighted by molar-refractivity contribution is 0.658. The first-order valence-corrected chi connectivity index (χ1v) is 19.8. The molecule has 256 valence electrons. The van der Waals surface area contributed by atoms with E-state index in [2.05, 4.69) is 196 Å². The molecule has 0 unspecified atom stereocenters. The molecule has 0 spiro atoms. The van der Waals surface area contributed by atoms with Crippen LogP contribution in [0.3, 0.4) is 0 Å². The molecule has 0 aromatic heterocycles. The van der Waals surface area contributed by atoms with Crippen LogP contribution in [0, 0.1) is 0 Å². The van der Waals surface area contributed by atoms with Crippen LogP contribution in [-0.4, -0.2) is 0 Å². The maximum absolute atomic E-state index is 4.01. The Morgan fingerprint density at radius 1 is 0.509 bits per heavy atom. The minimum Gasteiger partial charge on any atom is -0.311 e. The van der Waals surface area contributed by atoms with E-state index in [1.165, 1.54) is 64.1 Å². The molecular formula is C50H39NS2. The van der Waals surface area contributed by atoms with Crippen LogP contribution in [0.1, 0.15) is 37.5 Å². The van der Waals surface area contributed by atoms with Gasteiger partial charge in [0.25, 0.3) is 0 Å². The Morgan fingerprint density at radius 3 is 1.58 bits per heavy atom. The zero-order chi connectivity index (χ0) is 36.1. The maximum Gasteiger partial charge on any atom is 0.0462 e. The molecule has 0 radical (unpaired) electrons. The van der Waals surface area contributed by atoms with Gasteiger partial charge < -0.3 is 4.90 Å². The van der Waals surface area contributed by atoms with Gasteiger partial charge in [-0.25, -0.2) is 0 Å². The van der Waals surface area contributed by atoms with Gasteiger partial charge in [-0.15, -0.1) is 0 Å². The van der Waals surface area contributed by atoms with E-state index in [1.54, 1.807) is 0 Å². The number of hydrogen-bond donors (Lipinski definition) is 0. The summed E-state index contributed by atoms with van der Waals surface area (Å²) in [6, 6.07) is 58.0. The van der Waals surface area contributed by atoms with E-state index in [-0.39, 0.29) is 5.41 Å². The number of fused-ring (bicyclic) bond motifs is 5. The molecule has 0 saturated heterocycles. The number of benzene rings is 7. The standard InChI is InChI=1S/C50H39NS2/c1-5-33(6-2)35-16-23-39(24-17-35)51(40-25-18-36(19-26-40)34-12-8-7-9-13-34)41-27-20-37(21-28-41)38-22-29-42-43-31-48-49(32-45(43)50(3,4)44(42)30-38)53-47-15-11-10-14-46(47)52-48/h5-32H,1H2,2-4H3/b33-6+. The summed E-state index contributed by atoms with van der Waals surface area (Å²) in [7, 11) is 0. The van der Waals surface area contributed by atoms with Crippen molar-refractivity contribution in [2.24, 2.45) is 0 Å². The van der Waals surface area contributed by atoms with Gasteiger partial charge >= 0.3 is 0 Å². The molecule has 7 aromatic carbocycles. The van der Waals surface area contributed by atoms with E-state index in [9.17, 15) is 0 Å². The lowest BCUT2D eigenvalue weighted by atomic mass is 9.81. The van der Waals surface area contributed by atoms with Crippen molar-refractivity contribution in [1.29, 1.82) is 0 Å². The first-order valence-electron chi connectivity index (χ1n) is 18.1. The molecule has 1 aliphatic heterocycles. The van der Waals surface area contributed by atoms with Gasteiger partial charge in [-0.05, 0) is 129 Å². The molecule has 0 atom stereocenters. The Balaban J connectivity index is 1.05. The minimum atomic E-state index is -0.0921. The molecule has 3 heteroatoms. The van der Waals surface area contributed by atoms with E-state index in [4.69, 9.17) is 0 Å². The molecule has 9 rings (SSSR count). The van der Waals surface area contributed by atoms with Crippen molar-refractivity contribution >= 4 is 46.2 Å². The highest BCUT2D eigenvalue weighted by Crippen LogP contribution is 2.56. The lowest BCUT2D eigenvalue weighted by Crippen LogP contribution is -2.15. The molecule has 0 amide bonds. The molecule has 1 heterocycles. The van der Waals surface area contributed by atoms with Crippen molar-refractivity contribution in [3.63, 3.8) is 0 Å². The molecule has 0 bridgehead atoms. The SMILES string of the molecule is C=C/C(=C\C)c1ccc(N(c2ccc(-c3ccccc3)cc2)c2ccc(-c3ccc4c(c3)C(C)(C)c3cc5c(cc3-4)Sc3ccccc3S5)cc2)cc1. The van der Waals surface area contributed by atoms with Crippen molar-refractivity contribution < 1.29 is 0 Å². The number of allylic oxidation sites excluding steroid dienone is 3. The fourth-order valence-corrected chi connectivity index (χ4v) is 10.1. The Kier molecular flexibility index (Phi) is 8.49. The van der Waals surface area contributed by atoms with Crippen molar-refractivity contribution in [1.82, 2.24) is 0 Å². The van der Waals surface area contributed by atoms with Crippen LogP contribution in [-0.2, 0) is 5.41 Å². The molecule has 0 N–H and O–H groups in total. The van der Waals surface area contributed by atoms with Crippen molar-refractivity contribution in [3.8, 4) is 33.4 Å². The largest absolute Gasteiger partial charge is 0.311 e. The Bertz CT molecular complexity index is 2530. The van der Waals surface area contributed by atoms with Gasteiger partial charge in [0, 0.05) is 42.1 Å². The predicted molar refractivity (Wildman–Crippen MR) is 228 cm³/mol. The van der Waals surface area contributed by atoms with Gasteiger partial charge in [0.15, 0.2) is 0 Å². The van der Waals surface area contributed by atoms with Crippen LogP contribution >= 0.6 is 23.5 Å². The highest BCUT2D eigenvalue weighted by atomic mass is 32.2. The first-order chi connectivity index (χ1) is 25.9. The smallest absolute Gasteiger partial charge is 0.0462 e. The zero-order valence-corrected chi connectivity index (χ0v) is 31.8. The van der Waals surface area contributed by atoms with E-state index in [0.29, 0.717) is 0 Å². The summed E-state index contributed by atoms with van der Waals surface area (Å²) in [5.41, 5.74) is 15.9. The zero-order valence-electron chi connectivity index (χ0n) is 30.1. The number of anilines is 3. The van der Waals surface area contributed by atoms with Gasteiger partial charge in [0.1, 0.15) is 0 Å². The summed E-state index contributed by atoms with van der Waals surface area (Å²) in [5.74, 6) is 0. The summed E-state index contributed by atoms with van der Waals surface area (Å²) in [5, 5.41) is 0. The summed E-state index contributed by atoms with van der Waals surface area (Å²) in [4.78, 5) is 7.74. The topological polar surface area (TPSA) is 3.24 Å². The molecule has 7 aromatic rings. The second-order valence-electron chi connectivity index (χ2n) is 14.2. The first kappa shape index (κ1) is 33.4. The normalized spacial score (nSPS) is 13.8. The summed E-state index contributed by atoms with van der Waals surface area (Å²) in [6.45, 7) is 10.8. The number of rotatable bonds is 7. The van der Waals surface area contributed by atoms with Crippen molar-refractivity contribution in [2.45, 2.75) is 45.8 Å². The highest BCUT2D eigenvalue weighted by Gasteiger charge is 2.37. The average molecular weight is 718 g/mol. The molecular weight excluding hydrogens is 679 g/mol. The van der Waals surface area contributed by atoms with Crippen LogP contribution in [0.15, 0.2) is 196 Å². The van der Waals surface area contributed by atoms with E-state index < -0.39 is 0 Å². The van der Waals surface area contributed by atoms with Crippen LogP contribution in [0.5, 0.6) is 0 Å². The van der Waals surface area contributed by atoms with Crippen LogP contribution in [0.25, 0.3) is 39.0 Å². The van der Waals surface area contributed by atoms with Crippen molar-refractivity contribution in [2.75, 3.05) is 4.90 Å². The molecule has 0 saturated carbocycles. The minimum absolute atomic E-state index is 0.0921. The predicted octanol–water partition coefficient (Wildman–Crippen LogP) is 15.0. The molecule has 2 aliphatic rings.